The predicted octanol–water partition coefficient (Wildman–Crippen LogP) is 8.74. The van der Waals surface area contributed by atoms with E-state index in [1.54, 1.807) is 0 Å². The predicted molar refractivity (Wildman–Crippen MR) is 163 cm³/mol. The van der Waals surface area contributed by atoms with E-state index in [-0.39, 0.29) is 24.1 Å². The summed E-state index contributed by atoms with van der Waals surface area (Å²) in [6.45, 7) is 5.98. The van der Waals surface area contributed by atoms with E-state index in [1.807, 2.05) is 0 Å². The molecule has 2 atom stereocenters. The SMILES string of the molecule is CCCCCCCCCCCCNC(=O)NC1CCCCC1NC(=O)NCCCCCCCCCCCC. The maximum Gasteiger partial charge on any atom is 0.315 e. The van der Waals surface area contributed by atoms with E-state index >= 15 is 0 Å². The van der Waals surface area contributed by atoms with Gasteiger partial charge in [0.1, 0.15) is 0 Å². The highest BCUT2D eigenvalue weighted by molar-refractivity contribution is 5.75. The number of carbonyl (C=O) groups excluding carboxylic acids is 2. The Hall–Kier alpha value is -1.46. The molecular formula is C32H64N4O2. The van der Waals surface area contributed by atoms with Gasteiger partial charge in [0.15, 0.2) is 0 Å². The van der Waals surface area contributed by atoms with Gasteiger partial charge in [0.05, 0.1) is 12.1 Å². The molecule has 0 heterocycles. The van der Waals surface area contributed by atoms with Crippen molar-refractivity contribution in [3.63, 3.8) is 0 Å². The fraction of sp³-hybridized carbons (Fsp3) is 0.938. The first-order valence-electron chi connectivity index (χ1n) is 16.8. The van der Waals surface area contributed by atoms with Crippen molar-refractivity contribution in [3.05, 3.63) is 0 Å². The molecule has 0 spiro atoms. The standard InChI is InChI=1S/C32H64N4O2/c1-3-5-7-9-11-13-15-17-19-23-27-33-31(37)35-29-25-21-22-26-30(29)36-32(38)34-28-24-20-18-16-14-12-10-8-6-4-2/h29-30H,3-28H2,1-2H3,(H2,33,35,37)(H2,34,36,38). The Morgan fingerprint density at radius 1 is 0.474 bits per heavy atom. The van der Waals surface area contributed by atoms with Crippen molar-refractivity contribution in [1.29, 1.82) is 0 Å². The van der Waals surface area contributed by atoms with E-state index in [0.29, 0.717) is 0 Å². The van der Waals surface area contributed by atoms with Crippen molar-refractivity contribution in [2.75, 3.05) is 13.1 Å². The summed E-state index contributed by atoms with van der Waals surface area (Å²) in [5.74, 6) is 0. The molecule has 38 heavy (non-hydrogen) atoms. The van der Waals surface area contributed by atoms with Crippen molar-refractivity contribution in [1.82, 2.24) is 21.3 Å². The first-order chi connectivity index (χ1) is 18.7. The average molecular weight is 537 g/mol. The summed E-state index contributed by atoms with van der Waals surface area (Å²) in [4.78, 5) is 24.9. The molecule has 0 saturated heterocycles. The molecule has 2 unspecified atom stereocenters. The molecule has 1 aliphatic carbocycles. The molecular weight excluding hydrogens is 472 g/mol. The number of nitrogens with one attached hydrogen (secondary N) is 4. The van der Waals surface area contributed by atoms with Crippen LogP contribution in [0.2, 0.25) is 0 Å². The Labute approximate surface area is 236 Å². The van der Waals surface area contributed by atoms with Gasteiger partial charge in [-0.05, 0) is 25.7 Å². The minimum absolute atomic E-state index is 0.0135. The maximum absolute atomic E-state index is 12.4. The van der Waals surface area contributed by atoms with Crippen LogP contribution in [0, 0.1) is 0 Å². The molecule has 224 valence electrons. The first-order valence-corrected chi connectivity index (χ1v) is 16.8. The highest BCUT2D eigenvalue weighted by atomic mass is 16.2. The second-order valence-corrected chi connectivity index (χ2v) is 11.7. The zero-order valence-electron chi connectivity index (χ0n) is 25.4. The Bertz CT molecular complexity index is 510. The second-order valence-electron chi connectivity index (χ2n) is 11.7. The first kappa shape index (κ1) is 34.6. The van der Waals surface area contributed by atoms with Crippen LogP contribution in [-0.2, 0) is 0 Å². The van der Waals surface area contributed by atoms with E-state index in [4.69, 9.17) is 0 Å². The van der Waals surface area contributed by atoms with Crippen LogP contribution in [0.5, 0.6) is 0 Å². The molecule has 0 aromatic heterocycles. The van der Waals surface area contributed by atoms with Crippen LogP contribution in [0.4, 0.5) is 9.59 Å². The molecule has 0 aromatic carbocycles. The lowest BCUT2D eigenvalue weighted by molar-refractivity contribution is 0.213. The highest BCUT2D eigenvalue weighted by Crippen LogP contribution is 2.19. The van der Waals surface area contributed by atoms with E-state index < -0.39 is 0 Å². The number of carbonyl (C=O) groups is 2. The number of unbranched alkanes of at least 4 members (excludes halogenated alkanes) is 18. The summed E-state index contributed by atoms with van der Waals surface area (Å²) < 4.78 is 0. The number of hydrogen-bond acceptors (Lipinski definition) is 2. The normalized spacial score (nSPS) is 17.2. The Morgan fingerprint density at radius 2 is 0.763 bits per heavy atom. The zero-order valence-corrected chi connectivity index (χ0v) is 25.4. The van der Waals surface area contributed by atoms with Gasteiger partial charge in [-0.25, -0.2) is 9.59 Å². The van der Waals surface area contributed by atoms with Gasteiger partial charge < -0.3 is 21.3 Å². The van der Waals surface area contributed by atoms with Crippen LogP contribution in [0.1, 0.15) is 168 Å². The maximum atomic E-state index is 12.4. The largest absolute Gasteiger partial charge is 0.338 e. The molecule has 1 fully saturated rings. The van der Waals surface area contributed by atoms with E-state index in [0.717, 1.165) is 51.6 Å². The molecule has 0 radical (unpaired) electrons. The number of urea groups is 2. The van der Waals surface area contributed by atoms with Crippen molar-refractivity contribution >= 4 is 12.1 Å². The van der Waals surface area contributed by atoms with Crippen LogP contribution < -0.4 is 21.3 Å². The van der Waals surface area contributed by atoms with Crippen LogP contribution >= 0.6 is 0 Å². The molecule has 0 aliphatic heterocycles. The smallest absolute Gasteiger partial charge is 0.315 e. The van der Waals surface area contributed by atoms with Gasteiger partial charge in [0.25, 0.3) is 0 Å². The van der Waals surface area contributed by atoms with E-state index in [9.17, 15) is 9.59 Å². The van der Waals surface area contributed by atoms with Crippen LogP contribution in [0.15, 0.2) is 0 Å². The Kier molecular flexibility index (Phi) is 23.5. The number of amides is 4. The van der Waals surface area contributed by atoms with E-state index in [2.05, 4.69) is 35.1 Å². The second kappa shape index (κ2) is 25.8. The summed E-state index contributed by atoms with van der Waals surface area (Å²) in [6.07, 6.45) is 30.0. The third-order valence-corrected chi connectivity index (χ3v) is 8.03. The van der Waals surface area contributed by atoms with Gasteiger partial charge in [0, 0.05) is 13.1 Å². The Balaban J connectivity index is 2.04. The monoisotopic (exact) mass is 537 g/mol. The molecule has 6 heteroatoms. The average Bonchev–Trinajstić information content (AvgIpc) is 2.91. The molecule has 0 aromatic rings. The summed E-state index contributed by atoms with van der Waals surface area (Å²) in [5, 5.41) is 12.3. The topological polar surface area (TPSA) is 82.3 Å². The lowest BCUT2D eigenvalue weighted by Gasteiger charge is -2.32. The summed E-state index contributed by atoms with van der Waals surface area (Å²) in [6, 6.07) is -0.158. The minimum atomic E-state index is -0.0922. The van der Waals surface area contributed by atoms with Crippen molar-refractivity contribution in [2.45, 2.75) is 180 Å². The van der Waals surface area contributed by atoms with Gasteiger partial charge in [0.2, 0.25) is 0 Å². The molecule has 4 amide bonds. The fourth-order valence-corrected chi connectivity index (χ4v) is 5.54. The highest BCUT2D eigenvalue weighted by Gasteiger charge is 2.27. The lowest BCUT2D eigenvalue weighted by atomic mass is 9.90. The summed E-state index contributed by atoms with van der Waals surface area (Å²) in [5.41, 5.74) is 0. The fourth-order valence-electron chi connectivity index (χ4n) is 5.54. The van der Waals surface area contributed by atoms with Gasteiger partial charge >= 0.3 is 12.1 Å². The number of hydrogen-bond donors (Lipinski definition) is 4. The molecule has 1 rings (SSSR count). The Morgan fingerprint density at radius 3 is 1.08 bits per heavy atom. The van der Waals surface area contributed by atoms with Crippen molar-refractivity contribution in [2.24, 2.45) is 0 Å². The number of rotatable bonds is 24. The third-order valence-electron chi connectivity index (χ3n) is 8.03. The van der Waals surface area contributed by atoms with Crippen LogP contribution in [0.25, 0.3) is 0 Å². The van der Waals surface area contributed by atoms with Gasteiger partial charge in [-0.3, -0.25) is 0 Å². The molecule has 4 N–H and O–H groups in total. The van der Waals surface area contributed by atoms with Crippen LogP contribution in [0.3, 0.4) is 0 Å². The lowest BCUT2D eigenvalue weighted by Crippen LogP contribution is -2.56. The molecule has 0 bridgehead atoms. The van der Waals surface area contributed by atoms with Gasteiger partial charge in [-0.1, -0.05) is 142 Å². The summed E-state index contributed by atoms with van der Waals surface area (Å²) in [7, 11) is 0. The molecule has 6 nitrogen and oxygen atoms in total. The molecule has 1 saturated carbocycles. The van der Waals surface area contributed by atoms with Gasteiger partial charge in [-0.15, -0.1) is 0 Å². The third kappa shape index (κ3) is 20.5. The zero-order chi connectivity index (χ0) is 27.5. The summed E-state index contributed by atoms with van der Waals surface area (Å²) >= 11 is 0. The quantitative estimate of drug-likeness (QED) is 0.0930. The van der Waals surface area contributed by atoms with E-state index in [1.165, 1.54) is 116 Å². The van der Waals surface area contributed by atoms with Gasteiger partial charge in [-0.2, -0.15) is 0 Å². The molecule has 1 aliphatic rings. The minimum Gasteiger partial charge on any atom is -0.338 e. The van der Waals surface area contributed by atoms with Crippen molar-refractivity contribution in [3.8, 4) is 0 Å². The van der Waals surface area contributed by atoms with Crippen molar-refractivity contribution < 1.29 is 9.59 Å². The van der Waals surface area contributed by atoms with Crippen LogP contribution in [-0.4, -0.2) is 37.2 Å².